The van der Waals surface area contributed by atoms with E-state index in [1.807, 2.05) is 6.92 Å². The Morgan fingerprint density at radius 2 is 1.89 bits per heavy atom. The molecule has 4 nitrogen and oxygen atoms in total. The molecule has 28 heavy (non-hydrogen) atoms. The molecule has 0 aliphatic rings. The van der Waals surface area contributed by atoms with Crippen LogP contribution in [0.15, 0.2) is 36.4 Å². The molecule has 0 bridgehead atoms. The van der Waals surface area contributed by atoms with Crippen LogP contribution >= 0.6 is 11.6 Å². The van der Waals surface area contributed by atoms with Gasteiger partial charge in [0, 0.05) is 31.2 Å². The Balaban J connectivity index is 1.92. The second kappa shape index (κ2) is 9.19. The fraction of sp³-hybridized carbons (Fsp3) is 0.350. The second-order valence-electron chi connectivity index (χ2n) is 6.53. The summed E-state index contributed by atoms with van der Waals surface area (Å²) in [6.45, 7) is 2.11. The molecule has 0 aliphatic heterocycles. The molecule has 0 atom stereocenters. The number of rotatable bonds is 7. The number of hydrogen-bond donors (Lipinski definition) is 1. The lowest BCUT2D eigenvalue weighted by molar-refractivity contribution is -0.136. The molecule has 0 saturated carbocycles. The first kappa shape index (κ1) is 21.9. The Morgan fingerprint density at radius 1 is 1.18 bits per heavy atom. The molecule has 1 amide bonds. The normalized spacial score (nSPS) is 11.2. The van der Waals surface area contributed by atoms with E-state index >= 15 is 0 Å². The van der Waals surface area contributed by atoms with Crippen LogP contribution < -0.4 is 15.0 Å². The van der Waals surface area contributed by atoms with E-state index in [1.54, 1.807) is 37.2 Å². The first-order valence-electron chi connectivity index (χ1n) is 8.65. The number of aryl methyl sites for hydroxylation is 1. The molecule has 0 spiro atoms. The zero-order valence-electron chi connectivity index (χ0n) is 15.9. The zero-order valence-corrected chi connectivity index (χ0v) is 16.6. The van der Waals surface area contributed by atoms with E-state index in [2.05, 4.69) is 5.32 Å². The number of benzene rings is 2. The maximum atomic E-state index is 13.3. The Labute approximate surface area is 167 Å². The molecule has 0 heterocycles. The number of hydrogen-bond acceptors (Lipinski definition) is 3. The lowest BCUT2D eigenvalue weighted by atomic mass is 10.1. The Morgan fingerprint density at radius 3 is 2.50 bits per heavy atom. The van der Waals surface area contributed by atoms with E-state index in [0.29, 0.717) is 22.9 Å². The van der Waals surface area contributed by atoms with Crippen molar-refractivity contribution in [2.75, 3.05) is 30.9 Å². The van der Waals surface area contributed by atoms with Crippen LogP contribution in [-0.4, -0.2) is 26.6 Å². The van der Waals surface area contributed by atoms with E-state index in [0.717, 1.165) is 11.6 Å². The van der Waals surface area contributed by atoms with Gasteiger partial charge in [0.2, 0.25) is 5.91 Å². The molecule has 0 unspecified atom stereocenters. The highest BCUT2D eigenvalue weighted by atomic mass is 35.5. The van der Waals surface area contributed by atoms with Crippen LogP contribution in [0.25, 0.3) is 0 Å². The summed E-state index contributed by atoms with van der Waals surface area (Å²) in [4.78, 5) is 13.6. The highest BCUT2D eigenvalue weighted by molar-refractivity contribution is 6.31. The van der Waals surface area contributed by atoms with Crippen LogP contribution in [0, 0.1) is 6.92 Å². The SMILES string of the molecule is Cc1cc(OCCCC(=O)Nc2ccc(N(C)C)cc2C(F)(F)F)ccc1Cl. The van der Waals surface area contributed by atoms with Crippen molar-refractivity contribution >= 4 is 28.9 Å². The summed E-state index contributed by atoms with van der Waals surface area (Å²) in [5.41, 5.74) is 0.145. The van der Waals surface area contributed by atoms with Gasteiger partial charge in [-0.25, -0.2) is 0 Å². The number of nitrogens with one attached hydrogen (secondary N) is 1. The highest BCUT2D eigenvalue weighted by Gasteiger charge is 2.34. The summed E-state index contributed by atoms with van der Waals surface area (Å²) >= 11 is 5.94. The van der Waals surface area contributed by atoms with Gasteiger partial charge in [-0.15, -0.1) is 0 Å². The average Bonchev–Trinajstić information content (AvgIpc) is 2.61. The Bertz CT molecular complexity index is 839. The smallest absolute Gasteiger partial charge is 0.418 e. The van der Waals surface area contributed by atoms with Gasteiger partial charge in [-0.1, -0.05) is 11.6 Å². The third kappa shape index (κ3) is 6.05. The lowest BCUT2D eigenvalue weighted by Gasteiger charge is -2.18. The van der Waals surface area contributed by atoms with Gasteiger partial charge in [-0.3, -0.25) is 4.79 Å². The zero-order chi connectivity index (χ0) is 20.9. The van der Waals surface area contributed by atoms with Gasteiger partial charge in [0.05, 0.1) is 17.9 Å². The van der Waals surface area contributed by atoms with Crippen molar-refractivity contribution < 1.29 is 22.7 Å². The van der Waals surface area contributed by atoms with Crippen molar-refractivity contribution in [3.05, 3.63) is 52.5 Å². The summed E-state index contributed by atoms with van der Waals surface area (Å²) in [5, 5.41) is 2.98. The topological polar surface area (TPSA) is 41.6 Å². The van der Waals surface area contributed by atoms with Crippen LogP contribution in [0.1, 0.15) is 24.0 Å². The van der Waals surface area contributed by atoms with E-state index < -0.39 is 17.6 Å². The van der Waals surface area contributed by atoms with Crippen molar-refractivity contribution in [2.24, 2.45) is 0 Å². The van der Waals surface area contributed by atoms with Crippen molar-refractivity contribution in [1.82, 2.24) is 0 Å². The third-order valence-electron chi connectivity index (χ3n) is 4.05. The minimum Gasteiger partial charge on any atom is -0.494 e. The van der Waals surface area contributed by atoms with Gasteiger partial charge < -0.3 is 15.0 Å². The molecular formula is C20H22ClF3N2O2. The van der Waals surface area contributed by atoms with Crippen LogP contribution in [0.4, 0.5) is 24.5 Å². The molecule has 0 aliphatic carbocycles. The fourth-order valence-electron chi connectivity index (χ4n) is 2.50. The number of halogens is 4. The van der Waals surface area contributed by atoms with Gasteiger partial charge in [-0.2, -0.15) is 13.2 Å². The maximum Gasteiger partial charge on any atom is 0.418 e. The van der Waals surface area contributed by atoms with Crippen LogP contribution in [-0.2, 0) is 11.0 Å². The minimum absolute atomic E-state index is 0.0410. The monoisotopic (exact) mass is 414 g/mol. The van der Waals surface area contributed by atoms with E-state index in [-0.39, 0.29) is 18.7 Å². The first-order chi connectivity index (χ1) is 13.1. The number of alkyl halides is 3. The van der Waals surface area contributed by atoms with Gasteiger partial charge in [-0.05, 0) is 55.3 Å². The predicted molar refractivity (Wildman–Crippen MR) is 105 cm³/mol. The molecule has 0 radical (unpaired) electrons. The standard InChI is InChI=1S/C20H22ClF3N2O2/c1-13-11-15(7-8-17(13)21)28-10-4-5-19(27)25-18-9-6-14(26(2)3)12-16(18)20(22,23)24/h6-9,11-12H,4-5,10H2,1-3H3,(H,25,27). The number of amides is 1. The molecule has 1 N–H and O–H groups in total. The van der Waals surface area contributed by atoms with Crippen molar-refractivity contribution in [2.45, 2.75) is 25.9 Å². The van der Waals surface area contributed by atoms with Crippen LogP contribution in [0.3, 0.4) is 0 Å². The Kier molecular flexibility index (Phi) is 7.18. The maximum absolute atomic E-state index is 13.3. The number of anilines is 2. The Hall–Kier alpha value is -2.41. The summed E-state index contributed by atoms with van der Waals surface area (Å²) in [6, 6.07) is 9.03. The summed E-state index contributed by atoms with van der Waals surface area (Å²) in [7, 11) is 3.30. The first-order valence-corrected chi connectivity index (χ1v) is 9.03. The third-order valence-corrected chi connectivity index (χ3v) is 4.47. The average molecular weight is 415 g/mol. The van der Waals surface area contributed by atoms with Crippen molar-refractivity contribution in [3.8, 4) is 5.75 Å². The minimum atomic E-state index is -4.57. The number of carbonyl (C=O) groups excluding carboxylic acids is 1. The molecule has 8 heteroatoms. The van der Waals surface area contributed by atoms with Gasteiger partial charge >= 0.3 is 6.18 Å². The lowest BCUT2D eigenvalue weighted by Crippen LogP contribution is -2.18. The fourth-order valence-corrected chi connectivity index (χ4v) is 2.61. The van der Waals surface area contributed by atoms with Gasteiger partial charge in [0.1, 0.15) is 5.75 Å². The quantitative estimate of drug-likeness (QED) is 0.605. The molecule has 0 aromatic heterocycles. The van der Waals surface area contributed by atoms with Gasteiger partial charge in [0.25, 0.3) is 0 Å². The molecule has 2 aromatic rings. The van der Waals surface area contributed by atoms with Gasteiger partial charge in [0.15, 0.2) is 0 Å². The molecule has 152 valence electrons. The molecule has 2 rings (SSSR count). The van der Waals surface area contributed by atoms with Crippen molar-refractivity contribution in [1.29, 1.82) is 0 Å². The van der Waals surface area contributed by atoms with E-state index in [1.165, 1.54) is 12.1 Å². The molecular weight excluding hydrogens is 393 g/mol. The largest absolute Gasteiger partial charge is 0.494 e. The number of nitrogens with zero attached hydrogens (tertiary/aromatic N) is 1. The van der Waals surface area contributed by atoms with Crippen LogP contribution in [0.5, 0.6) is 5.75 Å². The second-order valence-corrected chi connectivity index (χ2v) is 6.94. The summed E-state index contributed by atoms with van der Waals surface area (Å²) < 4.78 is 45.4. The number of ether oxygens (including phenoxy) is 1. The van der Waals surface area contributed by atoms with E-state index in [4.69, 9.17) is 16.3 Å². The molecule has 2 aromatic carbocycles. The predicted octanol–water partition coefficient (Wildman–Crippen LogP) is 5.53. The van der Waals surface area contributed by atoms with E-state index in [9.17, 15) is 18.0 Å². The molecule has 0 fully saturated rings. The highest BCUT2D eigenvalue weighted by Crippen LogP contribution is 2.37. The number of carbonyl (C=O) groups is 1. The van der Waals surface area contributed by atoms with Crippen molar-refractivity contribution in [3.63, 3.8) is 0 Å². The summed E-state index contributed by atoms with van der Waals surface area (Å²) in [6.07, 6.45) is -4.16. The summed E-state index contributed by atoms with van der Waals surface area (Å²) in [5.74, 6) is 0.125. The van der Waals surface area contributed by atoms with Crippen LogP contribution in [0.2, 0.25) is 5.02 Å². The molecule has 0 saturated heterocycles.